The van der Waals surface area contributed by atoms with Crippen molar-refractivity contribution in [2.75, 3.05) is 24.6 Å². The molecule has 0 radical (unpaired) electrons. The average Bonchev–Trinajstić information content (AvgIpc) is 2.62. The largest absolute Gasteiger partial charge is 0.355 e. The van der Waals surface area contributed by atoms with Crippen molar-refractivity contribution in [3.8, 4) is 0 Å². The molecule has 2 rings (SSSR count). The van der Waals surface area contributed by atoms with Gasteiger partial charge in [0.15, 0.2) is 5.96 Å². The summed E-state index contributed by atoms with van der Waals surface area (Å²) in [6, 6.07) is 17.6. The number of guanidine groups is 1. The smallest absolute Gasteiger partial charge is 0.229 e. The molecule has 0 aliphatic carbocycles. The molecule has 6 nitrogen and oxygen atoms in total. The molecule has 146 valence electrons. The van der Waals surface area contributed by atoms with E-state index in [2.05, 4.69) is 39.4 Å². The highest BCUT2D eigenvalue weighted by molar-refractivity contribution is 8.00. The van der Waals surface area contributed by atoms with Crippen molar-refractivity contribution in [1.29, 1.82) is 0 Å². The lowest BCUT2D eigenvalue weighted by Crippen LogP contribution is -2.39. The molecule has 27 heavy (non-hydrogen) atoms. The van der Waals surface area contributed by atoms with Crippen molar-refractivity contribution in [2.24, 2.45) is 4.99 Å². The van der Waals surface area contributed by atoms with Gasteiger partial charge < -0.3 is 10.6 Å². The number of hydrogen-bond donors (Lipinski definition) is 3. The van der Waals surface area contributed by atoms with Gasteiger partial charge >= 0.3 is 0 Å². The monoisotopic (exact) mass is 406 g/mol. The number of anilines is 1. The fraction of sp³-hybridized carbons (Fsp3) is 0.316. The second kappa shape index (κ2) is 10.2. The number of benzene rings is 2. The molecular weight excluding hydrogens is 380 g/mol. The molecule has 0 spiro atoms. The first kappa shape index (κ1) is 21.1. The summed E-state index contributed by atoms with van der Waals surface area (Å²) in [5.41, 5.74) is 1.41. The average molecular weight is 407 g/mol. The number of rotatable bonds is 8. The summed E-state index contributed by atoms with van der Waals surface area (Å²) in [6.07, 6.45) is 1.14. The number of nitrogens with one attached hydrogen (secondary N) is 3. The van der Waals surface area contributed by atoms with Crippen LogP contribution in [0.5, 0.6) is 0 Å². The molecular formula is C19H26N4O2S2. The lowest BCUT2D eigenvalue weighted by molar-refractivity contribution is 0.606. The zero-order valence-electron chi connectivity index (χ0n) is 15.8. The third kappa shape index (κ3) is 7.92. The van der Waals surface area contributed by atoms with E-state index in [-0.39, 0.29) is 0 Å². The second-order valence-corrected chi connectivity index (χ2v) is 9.34. The molecule has 0 aliphatic heterocycles. The summed E-state index contributed by atoms with van der Waals surface area (Å²) >= 11 is 1.80. The minimum Gasteiger partial charge on any atom is -0.355 e. The van der Waals surface area contributed by atoms with Gasteiger partial charge in [-0.05, 0) is 23.8 Å². The van der Waals surface area contributed by atoms with Gasteiger partial charge in [0, 0.05) is 30.3 Å². The van der Waals surface area contributed by atoms with Gasteiger partial charge in [-0.2, -0.15) is 0 Å². The van der Waals surface area contributed by atoms with Gasteiger partial charge in [-0.25, -0.2) is 8.42 Å². The van der Waals surface area contributed by atoms with Crippen LogP contribution < -0.4 is 15.4 Å². The van der Waals surface area contributed by atoms with Crippen LogP contribution in [-0.2, 0) is 16.6 Å². The van der Waals surface area contributed by atoms with Crippen LogP contribution in [0.2, 0.25) is 0 Å². The standard InChI is InChI=1S/C19H26N4O2S2/c1-15(26-17-10-5-4-6-11-17)13-21-19(20-2)22-14-16-9-7-8-12-18(16)23-27(3,24)25/h4-12,15,23H,13-14H2,1-3H3,(H2,20,21,22). The summed E-state index contributed by atoms with van der Waals surface area (Å²) in [6.45, 7) is 3.37. The SMILES string of the molecule is CN=C(NCc1ccccc1NS(C)(=O)=O)NCC(C)Sc1ccccc1. The Balaban J connectivity index is 1.87. The van der Waals surface area contributed by atoms with Crippen LogP contribution >= 0.6 is 11.8 Å². The van der Waals surface area contributed by atoms with Crippen molar-refractivity contribution in [3.05, 3.63) is 60.2 Å². The predicted molar refractivity (Wildman–Crippen MR) is 115 cm³/mol. The summed E-state index contributed by atoms with van der Waals surface area (Å²) in [4.78, 5) is 5.46. The Kier molecular flexibility index (Phi) is 7.99. The Morgan fingerprint density at radius 1 is 1.07 bits per heavy atom. The quantitative estimate of drug-likeness (QED) is 0.357. The van der Waals surface area contributed by atoms with E-state index < -0.39 is 10.0 Å². The highest BCUT2D eigenvalue weighted by atomic mass is 32.2. The fourth-order valence-corrected chi connectivity index (χ4v) is 3.93. The normalized spacial score (nSPS) is 13.1. The minimum absolute atomic E-state index is 0.366. The van der Waals surface area contributed by atoms with E-state index in [0.29, 0.717) is 23.4 Å². The molecule has 1 unspecified atom stereocenters. The van der Waals surface area contributed by atoms with E-state index >= 15 is 0 Å². The molecule has 0 heterocycles. The van der Waals surface area contributed by atoms with Crippen LogP contribution in [0.1, 0.15) is 12.5 Å². The number of hydrogen-bond acceptors (Lipinski definition) is 4. The highest BCUT2D eigenvalue weighted by Crippen LogP contribution is 2.22. The van der Waals surface area contributed by atoms with Crippen molar-refractivity contribution < 1.29 is 8.42 Å². The molecule has 0 fully saturated rings. The van der Waals surface area contributed by atoms with Crippen LogP contribution in [0, 0.1) is 0 Å². The maximum absolute atomic E-state index is 11.5. The lowest BCUT2D eigenvalue weighted by atomic mass is 10.2. The number of sulfonamides is 1. The Labute approximate surface area is 165 Å². The van der Waals surface area contributed by atoms with E-state index in [1.807, 2.05) is 30.3 Å². The molecule has 2 aromatic rings. The molecule has 0 aromatic heterocycles. The van der Waals surface area contributed by atoms with Gasteiger partial charge in [-0.1, -0.05) is 43.3 Å². The van der Waals surface area contributed by atoms with E-state index in [4.69, 9.17) is 0 Å². The first-order chi connectivity index (χ1) is 12.9. The molecule has 1 atom stereocenters. The van der Waals surface area contributed by atoms with Gasteiger partial charge in [0.2, 0.25) is 10.0 Å². The van der Waals surface area contributed by atoms with Gasteiger partial charge in [0.05, 0.1) is 11.9 Å². The summed E-state index contributed by atoms with van der Waals surface area (Å²) < 4.78 is 25.5. The molecule has 0 saturated heterocycles. The van der Waals surface area contributed by atoms with Crippen LogP contribution in [-0.4, -0.2) is 39.5 Å². The molecule has 0 saturated carbocycles. The van der Waals surface area contributed by atoms with E-state index in [0.717, 1.165) is 18.4 Å². The van der Waals surface area contributed by atoms with Crippen molar-refractivity contribution >= 4 is 33.4 Å². The predicted octanol–water partition coefficient (Wildman–Crippen LogP) is 2.90. The second-order valence-electron chi connectivity index (χ2n) is 6.08. The maximum atomic E-state index is 11.5. The number of nitrogens with zero attached hydrogens (tertiary/aromatic N) is 1. The van der Waals surface area contributed by atoms with Crippen LogP contribution in [0.4, 0.5) is 5.69 Å². The zero-order chi connectivity index (χ0) is 19.7. The molecule has 2 aromatic carbocycles. The number of aliphatic imine (C=N–C) groups is 1. The van der Waals surface area contributed by atoms with Gasteiger partial charge in [0.25, 0.3) is 0 Å². The number of para-hydroxylation sites is 1. The topological polar surface area (TPSA) is 82.6 Å². The Morgan fingerprint density at radius 2 is 1.74 bits per heavy atom. The Bertz CT molecular complexity index is 855. The van der Waals surface area contributed by atoms with Gasteiger partial charge in [-0.3, -0.25) is 9.71 Å². The van der Waals surface area contributed by atoms with Crippen molar-refractivity contribution in [3.63, 3.8) is 0 Å². The van der Waals surface area contributed by atoms with E-state index in [1.54, 1.807) is 30.9 Å². The minimum atomic E-state index is -3.32. The van der Waals surface area contributed by atoms with E-state index in [1.165, 1.54) is 4.90 Å². The van der Waals surface area contributed by atoms with Gasteiger partial charge in [-0.15, -0.1) is 11.8 Å². The molecule has 8 heteroatoms. The first-order valence-electron chi connectivity index (χ1n) is 8.59. The van der Waals surface area contributed by atoms with Crippen molar-refractivity contribution in [1.82, 2.24) is 10.6 Å². The summed E-state index contributed by atoms with van der Waals surface area (Å²) in [5, 5.41) is 6.90. The zero-order valence-corrected chi connectivity index (χ0v) is 17.4. The van der Waals surface area contributed by atoms with E-state index in [9.17, 15) is 8.42 Å². The maximum Gasteiger partial charge on any atom is 0.229 e. The fourth-order valence-electron chi connectivity index (χ4n) is 2.39. The first-order valence-corrected chi connectivity index (χ1v) is 11.4. The lowest BCUT2D eigenvalue weighted by Gasteiger charge is -2.17. The van der Waals surface area contributed by atoms with Crippen LogP contribution in [0.3, 0.4) is 0 Å². The van der Waals surface area contributed by atoms with Gasteiger partial charge in [0.1, 0.15) is 0 Å². The summed E-state index contributed by atoms with van der Waals surface area (Å²) in [5.74, 6) is 0.671. The third-order valence-corrected chi connectivity index (χ3v) is 5.32. The molecule has 0 aliphatic rings. The molecule has 0 bridgehead atoms. The molecule has 3 N–H and O–H groups in total. The highest BCUT2D eigenvalue weighted by Gasteiger charge is 2.09. The molecule has 0 amide bonds. The third-order valence-electron chi connectivity index (χ3n) is 3.62. The van der Waals surface area contributed by atoms with Crippen LogP contribution in [0.25, 0.3) is 0 Å². The Hall–Kier alpha value is -2.19. The Morgan fingerprint density at radius 3 is 2.41 bits per heavy atom. The van der Waals surface area contributed by atoms with Crippen LogP contribution in [0.15, 0.2) is 64.5 Å². The number of thioether (sulfide) groups is 1. The summed E-state index contributed by atoms with van der Waals surface area (Å²) in [7, 11) is -1.61. The van der Waals surface area contributed by atoms with Crippen molar-refractivity contribution in [2.45, 2.75) is 23.6 Å².